The zero-order chi connectivity index (χ0) is 15.2. The first kappa shape index (κ1) is 16.0. The molecule has 116 valence electrons. The SMILES string of the molecule is Cc1ccc(C(N)C(=O)NCCN2CCCC(C)C2)cc1. The summed E-state index contributed by atoms with van der Waals surface area (Å²) in [4.78, 5) is 14.5. The van der Waals surface area contributed by atoms with Gasteiger partial charge in [0.05, 0.1) is 0 Å². The maximum atomic E-state index is 12.1. The van der Waals surface area contributed by atoms with Crippen molar-refractivity contribution in [1.29, 1.82) is 0 Å². The molecule has 0 bridgehead atoms. The first-order valence-corrected chi connectivity index (χ1v) is 7.88. The van der Waals surface area contributed by atoms with Crippen molar-refractivity contribution in [2.75, 3.05) is 26.2 Å². The summed E-state index contributed by atoms with van der Waals surface area (Å²) in [6.07, 6.45) is 2.58. The molecule has 1 heterocycles. The van der Waals surface area contributed by atoms with E-state index in [0.29, 0.717) is 6.54 Å². The lowest BCUT2D eigenvalue weighted by atomic mass is 10.0. The monoisotopic (exact) mass is 289 g/mol. The normalized spacial score (nSPS) is 21.0. The van der Waals surface area contributed by atoms with E-state index in [4.69, 9.17) is 5.73 Å². The largest absolute Gasteiger partial charge is 0.353 e. The van der Waals surface area contributed by atoms with Gasteiger partial charge in [-0.15, -0.1) is 0 Å². The molecule has 0 aliphatic carbocycles. The Bertz CT molecular complexity index is 458. The highest BCUT2D eigenvalue weighted by atomic mass is 16.2. The van der Waals surface area contributed by atoms with Gasteiger partial charge in [-0.25, -0.2) is 0 Å². The number of hydrogen-bond acceptors (Lipinski definition) is 3. The number of aryl methyl sites for hydroxylation is 1. The highest BCUT2D eigenvalue weighted by molar-refractivity contribution is 5.82. The van der Waals surface area contributed by atoms with Crippen molar-refractivity contribution in [3.8, 4) is 0 Å². The van der Waals surface area contributed by atoms with Crippen LogP contribution in [0.1, 0.15) is 36.9 Å². The lowest BCUT2D eigenvalue weighted by Gasteiger charge is -2.30. The first-order chi connectivity index (χ1) is 10.1. The number of nitrogens with zero attached hydrogens (tertiary/aromatic N) is 1. The Morgan fingerprint density at radius 3 is 2.81 bits per heavy atom. The molecule has 2 atom stereocenters. The predicted octanol–water partition coefficient (Wildman–Crippen LogP) is 1.84. The molecule has 0 aromatic heterocycles. The number of piperidine rings is 1. The third-order valence-electron chi connectivity index (χ3n) is 4.19. The average molecular weight is 289 g/mol. The van der Waals surface area contributed by atoms with E-state index in [1.54, 1.807) is 0 Å². The summed E-state index contributed by atoms with van der Waals surface area (Å²) in [5.41, 5.74) is 8.04. The van der Waals surface area contributed by atoms with Gasteiger partial charge in [0.1, 0.15) is 6.04 Å². The number of likely N-dealkylation sites (tertiary alicyclic amines) is 1. The molecule has 0 saturated carbocycles. The molecule has 4 heteroatoms. The maximum Gasteiger partial charge on any atom is 0.241 e. The minimum absolute atomic E-state index is 0.0936. The molecule has 1 aliphatic heterocycles. The van der Waals surface area contributed by atoms with Crippen LogP contribution >= 0.6 is 0 Å². The molecule has 3 N–H and O–H groups in total. The standard InChI is InChI=1S/C17H27N3O/c1-13-5-7-15(8-6-13)16(18)17(21)19-9-11-20-10-3-4-14(2)12-20/h5-8,14,16H,3-4,9-12,18H2,1-2H3,(H,19,21). The molecule has 1 saturated heterocycles. The van der Waals surface area contributed by atoms with Crippen LogP contribution < -0.4 is 11.1 Å². The molecule has 1 aromatic rings. The third-order valence-corrected chi connectivity index (χ3v) is 4.19. The van der Waals surface area contributed by atoms with E-state index in [1.807, 2.05) is 31.2 Å². The summed E-state index contributed by atoms with van der Waals surface area (Å²) in [5.74, 6) is 0.674. The Balaban J connectivity index is 1.75. The van der Waals surface area contributed by atoms with Crippen LogP contribution in [0.3, 0.4) is 0 Å². The van der Waals surface area contributed by atoms with Crippen molar-refractivity contribution in [1.82, 2.24) is 10.2 Å². The number of hydrogen-bond donors (Lipinski definition) is 2. The van der Waals surface area contributed by atoms with Crippen LogP contribution in [0.5, 0.6) is 0 Å². The number of nitrogens with two attached hydrogens (primary N) is 1. The van der Waals surface area contributed by atoms with Crippen LogP contribution in [-0.4, -0.2) is 37.0 Å². The summed E-state index contributed by atoms with van der Waals surface area (Å²) in [6, 6.07) is 7.23. The van der Waals surface area contributed by atoms with Gasteiger partial charge in [-0.2, -0.15) is 0 Å². The van der Waals surface area contributed by atoms with E-state index >= 15 is 0 Å². The molecule has 4 nitrogen and oxygen atoms in total. The Labute approximate surface area is 127 Å². The van der Waals surface area contributed by atoms with E-state index in [-0.39, 0.29) is 5.91 Å². The molecule has 21 heavy (non-hydrogen) atoms. The highest BCUT2D eigenvalue weighted by Crippen LogP contribution is 2.15. The molecule has 1 amide bonds. The Morgan fingerprint density at radius 2 is 2.14 bits per heavy atom. The number of benzene rings is 1. The van der Waals surface area contributed by atoms with Crippen molar-refractivity contribution in [2.45, 2.75) is 32.7 Å². The maximum absolute atomic E-state index is 12.1. The topological polar surface area (TPSA) is 58.4 Å². The number of carbonyl (C=O) groups is 1. The number of carbonyl (C=O) groups excluding carboxylic acids is 1. The van der Waals surface area contributed by atoms with Crippen LogP contribution in [0.2, 0.25) is 0 Å². The lowest BCUT2D eigenvalue weighted by molar-refractivity contribution is -0.122. The van der Waals surface area contributed by atoms with Crippen LogP contribution in [0.15, 0.2) is 24.3 Å². The fourth-order valence-electron chi connectivity index (χ4n) is 2.86. The third kappa shape index (κ3) is 4.83. The number of amides is 1. The second kappa shape index (κ2) is 7.57. The molecule has 0 spiro atoms. The van der Waals surface area contributed by atoms with E-state index in [0.717, 1.165) is 31.1 Å². The van der Waals surface area contributed by atoms with Gasteiger partial charge >= 0.3 is 0 Å². The van der Waals surface area contributed by atoms with E-state index in [9.17, 15) is 4.79 Å². The summed E-state index contributed by atoms with van der Waals surface area (Å²) in [7, 11) is 0. The molecule has 1 aliphatic rings. The molecular formula is C17H27N3O. The van der Waals surface area contributed by atoms with Gasteiger partial charge in [0.2, 0.25) is 5.91 Å². The Hall–Kier alpha value is -1.39. The molecule has 2 rings (SSSR count). The van der Waals surface area contributed by atoms with Crippen molar-refractivity contribution >= 4 is 5.91 Å². The van der Waals surface area contributed by atoms with Gasteiger partial charge in [0.15, 0.2) is 0 Å². The van der Waals surface area contributed by atoms with Gasteiger partial charge in [0.25, 0.3) is 0 Å². The van der Waals surface area contributed by atoms with Crippen molar-refractivity contribution in [2.24, 2.45) is 11.7 Å². The summed E-state index contributed by atoms with van der Waals surface area (Å²) in [6.45, 7) is 8.18. The zero-order valence-corrected chi connectivity index (χ0v) is 13.1. The van der Waals surface area contributed by atoms with Gasteiger partial charge in [0, 0.05) is 19.6 Å². The minimum Gasteiger partial charge on any atom is -0.353 e. The first-order valence-electron chi connectivity index (χ1n) is 7.88. The fourth-order valence-corrected chi connectivity index (χ4v) is 2.86. The van der Waals surface area contributed by atoms with Crippen LogP contribution in [-0.2, 0) is 4.79 Å². The van der Waals surface area contributed by atoms with Crippen molar-refractivity contribution in [3.63, 3.8) is 0 Å². The second-order valence-electron chi connectivity index (χ2n) is 6.23. The van der Waals surface area contributed by atoms with E-state index in [1.165, 1.54) is 18.4 Å². The minimum atomic E-state index is -0.578. The molecule has 0 radical (unpaired) electrons. The summed E-state index contributed by atoms with van der Waals surface area (Å²) in [5, 5.41) is 2.95. The van der Waals surface area contributed by atoms with Crippen LogP contribution in [0.4, 0.5) is 0 Å². The van der Waals surface area contributed by atoms with Gasteiger partial charge in [-0.3, -0.25) is 4.79 Å². The number of nitrogens with one attached hydrogen (secondary N) is 1. The molecule has 1 fully saturated rings. The van der Waals surface area contributed by atoms with Crippen molar-refractivity contribution in [3.05, 3.63) is 35.4 Å². The second-order valence-corrected chi connectivity index (χ2v) is 6.23. The Morgan fingerprint density at radius 1 is 1.43 bits per heavy atom. The average Bonchev–Trinajstić information content (AvgIpc) is 2.47. The zero-order valence-electron chi connectivity index (χ0n) is 13.1. The van der Waals surface area contributed by atoms with E-state index in [2.05, 4.69) is 17.1 Å². The Kier molecular flexibility index (Phi) is 5.76. The summed E-state index contributed by atoms with van der Waals surface area (Å²) < 4.78 is 0. The number of rotatable bonds is 5. The molecule has 2 unspecified atom stereocenters. The fraction of sp³-hybridized carbons (Fsp3) is 0.588. The molecule has 1 aromatic carbocycles. The van der Waals surface area contributed by atoms with Gasteiger partial charge < -0.3 is 16.0 Å². The summed E-state index contributed by atoms with van der Waals surface area (Å²) >= 11 is 0. The van der Waals surface area contributed by atoms with Crippen LogP contribution in [0.25, 0.3) is 0 Å². The quantitative estimate of drug-likeness (QED) is 0.869. The molecular weight excluding hydrogens is 262 g/mol. The van der Waals surface area contributed by atoms with Gasteiger partial charge in [-0.1, -0.05) is 36.8 Å². The van der Waals surface area contributed by atoms with Gasteiger partial charge in [-0.05, 0) is 37.8 Å². The predicted molar refractivity (Wildman–Crippen MR) is 86.0 cm³/mol. The van der Waals surface area contributed by atoms with Crippen molar-refractivity contribution < 1.29 is 4.79 Å². The highest BCUT2D eigenvalue weighted by Gasteiger charge is 2.18. The smallest absolute Gasteiger partial charge is 0.241 e. The lowest BCUT2D eigenvalue weighted by Crippen LogP contribution is -2.42. The van der Waals surface area contributed by atoms with E-state index < -0.39 is 6.04 Å². The van der Waals surface area contributed by atoms with Crippen LogP contribution in [0, 0.1) is 12.8 Å².